The molecular weight excluding hydrogens is 280 g/mol. The number of fused-ring (bicyclic) bond motifs is 2. The summed E-state index contributed by atoms with van der Waals surface area (Å²) in [7, 11) is 0. The maximum absolute atomic E-state index is 4.82. The van der Waals surface area contributed by atoms with Gasteiger partial charge in [0.25, 0.3) is 0 Å². The van der Waals surface area contributed by atoms with Crippen molar-refractivity contribution in [1.82, 2.24) is 30.1 Å². The number of H-pyrrole nitrogens is 1. The van der Waals surface area contributed by atoms with Gasteiger partial charge in [0.05, 0.1) is 12.2 Å². The molecule has 22 heavy (non-hydrogen) atoms. The summed E-state index contributed by atoms with van der Waals surface area (Å²) in [5.74, 6) is 0.756. The summed E-state index contributed by atoms with van der Waals surface area (Å²) in [6.07, 6.45) is 4.00. The molecule has 0 unspecified atom stereocenters. The molecule has 0 saturated heterocycles. The van der Waals surface area contributed by atoms with E-state index in [1.165, 1.54) is 0 Å². The minimum atomic E-state index is 0.322. The Hall–Kier alpha value is -2.70. The molecule has 0 aliphatic heterocycles. The van der Waals surface area contributed by atoms with E-state index in [-0.39, 0.29) is 0 Å². The maximum atomic E-state index is 4.82. The van der Waals surface area contributed by atoms with Gasteiger partial charge in [-0.2, -0.15) is 5.10 Å². The van der Waals surface area contributed by atoms with Crippen molar-refractivity contribution >= 4 is 22.2 Å². The van der Waals surface area contributed by atoms with Crippen LogP contribution in [0.15, 0.2) is 29.0 Å². The van der Waals surface area contributed by atoms with Crippen molar-refractivity contribution in [2.45, 2.75) is 32.7 Å². The van der Waals surface area contributed by atoms with Crippen molar-refractivity contribution < 1.29 is 4.63 Å². The van der Waals surface area contributed by atoms with Gasteiger partial charge in [-0.15, -0.1) is 0 Å². The number of imidazole rings is 1. The first-order valence-corrected chi connectivity index (χ1v) is 7.42. The van der Waals surface area contributed by atoms with Gasteiger partial charge in [-0.1, -0.05) is 19.4 Å². The molecule has 0 saturated carbocycles. The highest BCUT2D eigenvalue weighted by Crippen LogP contribution is 2.27. The molecule has 1 atom stereocenters. The largest absolute Gasteiger partial charge is 0.335 e. The van der Waals surface area contributed by atoms with Crippen LogP contribution in [-0.4, -0.2) is 30.1 Å². The Morgan fingerprint density at radius 1 is 1.32 bits per heavy atom. The fraction of sp³-hybridized carbons (Fsp3) is 0.333. The fourth-order valence-corrected chi connectivity index (χ4v) is 2.80. The molecule has 0 bridgehead atoms. The number of benzene rings is 1. The Labute approximate surface area is 126 Å². The van der Waals surface area contributed by atoms with Crippen LogP contribution < -0.4 is 0 Å². The number of rotatable bonds is 4. The second-order valence-corrected chi connectivity index (χ2v) is 5.49. The molecule has 4 aromatic rings. The molecule has 3 aromatic heterocycles. The molecular formula is C15H16N6O. The molecule has 112 valence electrons. The van der Waals surface area contributed by atoms with Crippen molar-refractivity contribution in [3.8, 4) is 11.4 Å². The SMILES string of the molecule is CCC[C@@H](C)n1ncc2[nH]c(-c3cccc4nonc34)nc21. The lowest BCUT2D eigenvalue weighted by Crippen LogP contribution is -2.06. The quantitative estimate of drug-likeness (QED) is 0.624. The molecule has 7 nitrogen and oxygen atoms in total. The molecule has 4 rings (SSSR count). The van der Waals surface area contributed by atoms with Gasteiger partial charge in [0.1, 0.15) is 22.4 Å². The maximum Gasteiger partial charge on any atom is 0.177 e. The monoisotopic (exact) mass is 296 g/mol. The first-order valence-electron chi connectivity index (χ1n) is 7.42. The van der Waals surface area contributed by atoms with Crippen LogP contribution >= 0.6 is 0 Å². The smallest absolute Gasteiger partial charge is 0.177 e. The van der Waals surface area contributed by atoms with Crippen LogP contribution in [0.25, 0.3) is 33.6 Å². The highest BCUT2D eigenvalue weighted by molar-refractivity contribution is 5.90. The second-order valence-electron chi connectivity index (χ2n) is 5.49. The number of hydrogen-bond donors (Lipinski definition) is 1. The highest BCUT2D eigenvalue weighted by Gasteiger charge is 2.16. The van der Waals surface area contributed by atoms with Gasteiger partial charge < -0.3 is 4.98 Å². The normalized spacial score (nSPS) is 13.2. The van der Waals surface area contributed by atoms with Crippen LogP contribution in [0.5, 0.6) is 0 Å². The summed E-state index contributed by atoms with van der Waals surface area (Å²) < 4.78 is 6.79. The Morgan fingerprint density at radius 3 is 3.09 bits per heavy atom. The van der Waals surface area contributed by atoms with Gasteiger partial charge in [0, 0.05) is 5.56 Å². The van der Waals surface area contributed by atoms with Crippen LogP contribution in [0, 0.1) is 0 Å². The summed E-state index contributed by atoms with van der Waals surface area (Å²) in [6, 6.07) is 6.06. The van der Waals surface area contributed by atoms with Crippen LogP contribution in [0.1, 0.15) is 32.7 Å². The van der Waals surface area contributed by atoms with Crippen LogP contribution in [-0.2, 0) is 0 Å². The van der Waals surface area contributed by atoms with E-state index in [0.29, 0.717) is 11.6 Å². The lowest BCUT2D eigenvalue weighted by molar-refractivity contribution is 0.315. The van der Waals surface area contributed by atoms with E-state index in [0.717, 1.165) is 40.9 Å². The molecule has 1 aromatic carbocycles. The molecule has 0 aliphatic carbocycles. The number of nitrogens with zero attached hydrogens (tertiary/aromatic N) is 5. The van der Waals surface area contributed by atoms with E-state index in [2.05, 4.69) is 34.2 Å². The van der Waals surface area contributed by atoms with E-state index in [1.807, 2.05) is 29.1 Å². The highest BCUT2D eigenvalue weighted by atomic mass is 16.6. The van der Waals surface area contributed by atoms with Crippen molar-refractivity contribution in [2.24, 2.45) is 0 Å². The van der Waals surface area contributed by atoms with Gasteiger partial charge in [-0.05, 0) is 35.8 Å². The summed E-state index contributed by atoms with van der Waals surface area (Å²) in [5, 5.41) is 12.3. The van der Waals surface area contributed by atoms with E-state index in [9.17, 15) is 0 Å². The van der Waals surface area contributed by atoms with Gasteiger partial charge >= 0.3 is 0 Å². The minimum absolute atomic E-state index is 0.322. The summed E-state index contributed by atoms with van der Waals surface area (Å²) in [5.41, 5.74) is 4.10. The van der Waals surface area contributed by atoms with E-state index < -0.39 is 0 Å². The Kier molecular flexibility index (Phi) is 2.92. The van der Waals surface area contributed by atoms with Gasteiger partial charge in [-0.3, -0.25) is 0 Å². The summed E-state index contributed by atoms with van der Waals surface area (Å²) >= 11 is 0. The number of nitrogens with one attached hydrogen (secondary N) is 1. The zero-order valence-electron chi connectivity index (χ0n) is 12.4. The lowest BCUT2D eigenvalue weighted by atomic mass is 10.2. The van der Waals surface area contributed by atoms with Crippen molar-refractivity contribution in [2.75, 3.05) is 0 Å². The molecule has 0 fully saturated rings. The number of aromatic amines is 1. The zero-order valence-corrected chi connectivity index (χ0v) is 12.4. The third-order valence-corrected chi connectivity index (χ3v) is 3.91. The first kappa shape index (κ1) is 13.0. The number of hydrogen-bond acceptors (Lipinski definition) is 5. The summed E-state index contributed by atoms with van der Waals surface area (Å²) in [6.45, 7) is 4.33. The topological polar surface area (TPSA) is 85.4 Å². The van der Waals surface area contributed by atoms with Gasteiger partial charge in [0.15, 0.2) is 5.65 Å². The predicted octanol–water partition coefficient (Wildman–Crippen LogP) is 3.32. The van der Waals surface area contributed by atoms with Crippen molar-refractivity contribution in [1.29, 1.82) is 0 Å². The molecule has 1 N–H and O–H groups in total. The van der Waals surface area contributed by atoms with Crippen molar-refractivity contribution in [3.63, 3.8) is 0 Å². The Balaban J connectivity index is 1.85. The second kappa shape index (κ2) is 4.94. The number of aromatic nitrogens is 6. The third-order valence-electron chi connectivity index (χ3n) is 3.91. The molecule has 0 spiro atoms. The average Bonchev–Trinajstić information content (AvgIpc) is 3.21. The van der Waals surface area contributed by atoms with Crippen LogP contribution in [0.2, 0.25) is 0 Å². The first-order chi connectivity index (χ1) is 10.8. The predicted molar refractivity (Wildman–Crippen MR) is 82.3 cm³/mol. The van der Waals surface area contributed by atoms with Gasteiger partial charge in [0.2, 0.25) is 0 Å². The Morgan fingerprint density at radius 2 is 2.23 bits per heavy atom. The molecule has 0 amide bonds. The minimum Gasteiger partial charge on any atom is -0.335 e. The summed E-state index contributed by atoms with van der Waals surface area (Å²) in [4.78, 5) is 8.02. The Bertz CT molecular complexity index is 934. The van der Waals surface area contributed by atoms with Crippen LogP contribution in [0.3, 0.4) is 0 Å². The molecule has 0 aliphatic rings. The average molecular weight is 296 g/mol. The van der Waals surface area contributed by atoms with Crippen molar-refractivity contribution in [3.05, 3.63) is 24.4 Å². The van der Waals surface area contributed by atoms with E-state index in [4.69, 9.17) is 9.61 Å². The lowest BCUT2D eigenvalue weighted by Gasteiger charge is -2.10. The van der Waals surface area contributed by atoms with Crippen LogP contribution in [0.4, 0.5) is 0 Å². The molecule has 7 heteroatoms. The third kappa shape index (κ3) is 1.89. The standard InChI is InChI=1S/C15H16N6O/c1-3-5-9(2)21-15-12(8-16-21)17-14(18-15)10-6-4-7-11-13(10)20-22-19-11/h4,6-9H,3,5H2,1-2H3,(H,17,18)/t9-/m1/s1. The van der Waals surface area contributed by atoms with E-state index >= 15 is 0 Å². The fourth-order valence-electron chi connectivity index (χ4n) is 2.80. The zero-order chi connectivity index (χ0) is 15.1. The van der Waals surface area contributed by atoms with Gasteiger partial charge in [-0.25, -0.2) is 14.3 Å². The molecule has 0 radical (unpaired) electrons. The molecule has 3 heterocycles. The van der Waals surface area contributed by atoms with E-state index in [1.54, 1.807) is 0 Å².